The predicted molar refractivity (Wildman–Crippen MR) is 142 cm³/mol. The summed E-state index contributed by atoms with van der Waals surface area (Å²) in [4.78, 5) is 16.3. The molecular weight excluding hydrogens is 495 g/mol. The van der Waals surface area contributed by atoms with E-state index < -0.39 is 18.6 Å². The van der Waals surface area contributed by atoms with Crippen molar-refractivity contribution in [3.8, 4) is 5.88 Å². The first-order chi connectivity index (χ1) is 17.7. The number of nitrogens with one attached hydrogen (secondary N) is 1. The van der Waals surface area contributed by atoms with Crippen LogP contribution in [0, 0.1) is 0 Å². The van der Waals surface area contributed by atoms with Crippen molar-refractivity contribution in [2.75, 3.05) is 11.9 Å². The second-order valence-electron chi connectivity index (χ2n) is 12.4. The highest BCUT2D eigenvalue weighted by molar-refractivity contribution is 5.86. The number of alkyl halides is 3. The third kappa shape index (κ3) is 6.50. The zero-order valence-corrected chi connectivity index (χ0v) is 23.4. The fraction of sp³-hybridized carbons (Fsp3) is 0.750. The molecule has 0 radical (unpaired) electrons. The summed E-state index contributed by atoms with van der Waals surface area (Å²) in [7, 11) is 0. The minimum Gasteiger partial charge on any atom is -0.474 e. The first-order valence-electron chi connectivity index (χ1n) is 13.8. The normalized spacial score (nSPS) is 25.3. The number of pyridine rings is 1. The number of hydrogen-bond donors (Lipinski definition) is 2. The molecule has 0 bridgehead atoms. The fourth-order valence-electron chi connectivity index (χ4n) is 6.81. The average Bonchev–Trinajstić information content (AvgIpc) is 2.77. The van der Waals surface area contributed by atoms with Gasteiger partial charge in [0, 0.05) is 47.9 Å². The summed E-state index contributed by atoms with van der Waals surface area (Å²) in [6.07, 6.45) is 2.47. The number of aliphatic hydroxyl groups is 1. The van der Waals surface area contributed by atoms with Crippen LogP contribution >= 0.6 is 0 Å². The number of fused-ring (bicyclic) bond motifs is 1. The first kappa shape index (κ1) is 28.8. The molecule has 0 spiro atoms. The van der Waals surface area contributed by atoms with E-state index in [2.05, 4.69) is 49.8 Å². The maximum absolute atomic E-state index is 12.9. The van der Waals surface area contributed by atoms with Crippen LogP contribution in [-0.4, -0.2) is 67.0 Å². The van der Waals surface area contributed by atoms with Crippen LogP contribution in [0.2, 0.25) is 0 Å². The molecule has 1 aliphatic carbocycles. The second-order valence-corrected chi connectivity index (χ2v) is 12.4. The summed E-state index contributed by atoms with van der Waals surface area (Å²) in [5.41, 5.74) is 1.47. The number of anilines is 1. The Balaban J connectivity index is 1.67. The smallest absolute Gasteiger partial charge is 0.391 e. The van der Waals surface area contributed by atoms with Crippen LogP contribution in [0.5, 0.6) is 5.88 Å². The Kier molecular flexibility index (Phi) is 8.15. The van der Waals surface area contributed by atoms with Gasteiger partial charge in [0.2, 0.25) is 11.8 Å². The topological polar surface area (TPSA) is 83.4 Å². The number of ether oxygens (including phenoxy) is 1. The van der Waals surface area contributed by atoms with Gasteiger partial charge in [-0.05, 0) is 72.8 Å². The van der Waals surface area contributed by atoms with E-state index >= 15 is 0 Å². The molecule has 0 unspecified atom stereocenters. The van der Waals surface area contributed by atoms with E-state index in [1.165, 1.54) is 6.92 Å². The zero-order valence-electron chi connectivity index (χ0n) is 23.4. The number of piperidine rings is 1. The lowest BCUT2D eigenvalue weighted by Gasteiger charge is -2.54. The molecular formula is C28H42F3N5O2. The number of nitrogens with zero attached hydrogens (tertiary/aromatic N) is 4. The Hall–Kier alpha value is -2.20. The number of aliphatic hydroxyl groups excluding tert-OH is 1. The van der Waals surface area contributed by atoms with Crippen LogP contribution in [-0.2, 0) is 0 Å². The predicted octanol–water partition coefficient (Wildman–Crippen LogP) is 6.22. The molecule has 1 atom stereocenters. The quantitative estimate of drug-likeness (QED) is 0.434. The Bertz CT molecular complexity index is 1100. The third-order valence-electron chi connectivity index (χ3n) is 8.17. The van der Waals surface area contributed by atoms with Crippen molar-refractivity contribution in [2.24, 2.45) is 0 Å². The molecule has 2 aromatic rings. The molecule has 0 aromatic carbocycles. The molecule has 2 aliphatic rings. The highest BCUT2D eigenvalue weighted by Gasteiger charge is 2.45. The molecule has 1 aliphatic heterocycles. The van der Waals surface area contributed by atoms with E-state index in [0.717, 1.165) is 37.8 Å². The van der Waals surface area contributed by atoms with Gasteiger partial charge in [0.15, 0.2) is 0 Å². The van der Waals surface area contributed by atoms with Crippen LogP contribution < -0.4 is 10.1 Å². The van der Waals surface area contributed by atoms with Crippen LogP contribution in [0.15, 0.2) is 12.4 Å². The van der Waals surface area contributed by atoms with Crippen molar-refractivity contribution in [1.29, 1.82) is 0 Å². The minimum absolute atomic E-state index is 0.0535. The van der Waals surface area contributed by atoms with Crippen LogP contribution in [0.3, 0.4) is 0 Å². The van der Waals surface area contributed by atoms with Gasteiger partial charge in [0.05, 0.1) is 23.4 Å². The molecule has 2 aromatic heterocycles. The SMILES string of the molecule is CCN1C(C)(C)CC(Oc2ncc([C@H]3CC[C@H](O)CC3)c3nc(N[C@@H](C)CC(F)(F)F)ncc23)CC1(C)C. The Morgan fingerprint density at radius 2 is 1.71 bits per heavy atom. The molecule has 3 heterocycles. The van der Waals surface area contributed by atoms with E-state index in [1.54, 1.807) is 12.4 Å². The summed E-state index contributed by atoms with van der Waals surface area (Å²) in [5, 5.41) is 13.5. The molecule has 212 valence electrons. The number of likely N-dealkylation sites (tertiary alicyclic amines) is 1. The van der Waals surface area contributed by atoms with Gasteiger partial charge in [-0.1, -0.05) is 6.92 Å². The lowest BCUT2D eigenvalue weighted by atomic mass is 9.78. The van der Waals surface area contributed by atoms with Gasteiger partial charge in [-0.2, -0.15) is 13.2 Å². The highest BCUT2D eigenvalue weighted by atomic mass is 19.4. The van der Waals surface area contributed by atoms with E-state index in [9.17, 15) is 18.3 Å². The molecule has 1 saturated carbocycles. The maximum Gasteiger partial charge on any atom is 0.391 e. The van der Waals surface area contributed by atoms with Gasteiger partial charge < -0.3 is 15.2 Å². The van der Waals surface area contributed by atoms with Crippen molar-refractivity contribution >= 4 is 16.9 Å². The van der Waals surface area contributed by atoms with Gasteiger partial charge >= 0.3 is 6.18 Å². The third-order valence-corrected chi connectivity index (χ3v) is 8.17. The minimum atomic E-state index is -4.28. The summed E-state index contributed by atoms with van der Waals surface area (Å²) in [5.74, 6) is 0.765. The Morgan fingerprint density at radius 1 is 1.08 bits per heavy atom. The van der Waals surface area contributed by atoms with E-state index in [1.807, 2.05) is 0 Å². The van der Waals surface area contributed by atoms with Gasteiger partial charge in [-0.15, -0.1) is 0 Å². The molecule has 2 N–H and O–H groups in total. The molecule has 0 amide bonds. The van der Waals surface area contributed by atoms with Crippen LogP contribution in [0.1, 0.15) is 98.0 Å². The van der Waals surface area contributed by atoms with Crippen molar-refractivity contribution < 1.29 is 23.0 Å². The van der Waals surface area contributed by atoms with Crippen molar-refractivity contribution in [3.63, 3.8) is 0 Å². The molecule has 1 saturated heterocycles. The van der Waals surface area contributed by atoms with Crippen molar-refractivity contribution in [1.82, 2.24) is 19.9 Å². The number of halogens is 3. The molecule has 38 heavy (non-hydrogen) atoms. The maximum atomic E-state index is 12.9. The molecule has 2 fully saturated rings. The fourth-order valence-corrected chi connectivity index (χ4v) is 6.81. The summed E-state index contributed by atoms with van der Waals surface area (Å²) in [6.45, 7) is 13.6. The number of rotatable bonds is 7. The van der Waals surface area contributed by atoms with Gasteiger partial charge in [-0.3, -0.25) is 4.90 Å². The monoisotopic (exact) mass is 537 g/mol. The van der Waals surface area contributed by atoms with Crippen LogP contribution in [0.4, 0.5) is 19.1 Å². The lowest BCUT2D eigenvalue weighted by Crippen LogP contribution is -2.62. The summed E-state index contributed by atoms with van der Waals surface area (Å²) in [6, 6.07) is -0.869. The van der Waals surface area contributed by atoms with Crippen molar-refractivity contribution in [2.45, 2.75) is 128 Å². The second kappa shape index (κ2) is 10.8. The van der Waals surface area contributed by atoms with Crippen molar-refractivity contribution in [3.05, 3.63) is 18.0 Å². The zero-order chi connectivity index (χ0) is 27.9. The lowest BCUT2D eigenvalue weighted by molar-refractivity contribution is -0.136. The summed E-state index contributed by atoms with van der Waals surface area (Å²) >= 11 is 0. The molecule has 7 nitrogen and oxygen atoms in total. The number of hydrogen-bond acceptors (Lipinski definition) is 7. The van der Waals surface area contributed by atoms with Gasteiger partial charge in [0.1, 0.15) is 6.10 Å². The summed E-state index contributed by atoms with van der Waals surface area (Å²) < 4.78 is 45.3. The van der Waals surface area contributed by atoms with E-state index in [0.29, 0.717) is 29.6 Å². The van der Waals surface area contributed by atoms with Gasteiger partial charge in [0.25, 0.3) is 0 Å². The molecule has 10 heteroatoms. The Labute approximate surface area is 223 Å². The standard InChI is InChI=1S/C28H42F3N5O2/c1-7-36-26(3,4)13-20(14-27(36,5)6)38-24-22-16-33-25(34-17(2)12-28(29,30)31)35-23(22)21(15-32-24)18-8-10-19(37)11-9-18/h15-20,37H,7-14H2,1-6H3,(H,33,34,35)/t17-,18-,19-/m0/s1. The van der Waals surface area contributed by atoms with Gasteiger partial charge in [-0.25, -0.2) is 15.0 Å². The molecule has 4 rings (SSSR count). The first-order valence-corrected chi connectivity index (χ1v) is 13.8. The van der Waals surface area contributed by atoms with E-state index in [-0.39, 0.29) is 35.2 Å². The number of aromatic nitrogens is 3. The Morgan fingerprint density at radius 3 is 2.29 bits per heavy atom. The van der Waals surface area contributed by atoms with E-state index in [4.69, 9.17) is 14.7 Å². The highest BCUT2D eigenvalue weighted by Crippen LogP contribution is 2.42. The largest absolute Gasteiger partial charge is 0.474 e. The average molecular weight is 538 g/mol. The van der Waals surface area contributed by atoms with Crippen LogP contribution in [0.25, 0.3) is 10.9 Å².